The Morgan fingerprint density at radius 2 is 1.84 bits per heavy atom. The Bertz CT molecular complexity index is 1200. The van der Waals surface area contributed by atoms with E-state index in [-0.39, 0.29) is 10.5 Å². The van der Waals surface area contributed by atoms with Gasteiger partial charge in [-0.05, 0) is 61.2 Å². The average molecular weight is 448 g/mol. The molecule has 4 rings (SSSR count). The van der Waals surface area contributed by atoms with Crippen molar-refractivity contribution < 1.29 is 22.0 Å². The maximum absolute atomic E-state index is 12.8. The summed E-state index contributed by atoms with van der Waals surface area (Å²) in [5, 5.41) is 2.69. The minimum absolute atomic E-state index is 0.179. The number of halogens is 2. The zero-order valence-electron chi connectivity index (χ0n) is 16.8. The molecule has 1 aliphatic heterocycles. The van der Waals surface area contributed by atoms with Crippen molar-refractivity contribution in [3.8, 4) is 0 Å². The molecule has 1 aromatic heterocycles. The number of aromatic amines is 1. The van der Waals surface area contributed by atoms with Crippen LogP contribution in [0.25, 0.3) is 11.0 Å². The third-order valence-corrected chi connectivity index (χ3v) is 7.37. The molecule has 7 nitrogen and oxygen atoms in total. The molecule has 0 unspecified atom stereocenters. The first kappa shape index (κ1) is 21.4. The van der Waals surface area contributed by atoms with Crippen LogP contribution in [-0.4, -0.2) is 41.7 Å². The van der Waals surface area contributed by atoms with Gasteiger partial charge in [0.1, 0.15) is 0 Å². The monoisotopic (exact) mass is 448 g/mol. The van der Waals surface area contributed by atoms with Crippen LogP contribution >= 0.6 is 0 Å². The summed E-state index contributed by atoms with van der Waals surface area (Å²) >= 11 is 0. The largest absolute Gasteiger partial charge is 0.337 e. The average Bonchev–Trinajstić information content (AvgIpc) is 3.18. The van der Waals surface area contributed by atoms with Gasteiger partial charge in [-0.25, -0.2) is 22.2 Å². The smallest absolute Gasteiger partial charge is 0.295 e. The number of nitrogens with one attached hydrogen (secondary N) is 2. The predicted molar refractivity (Wildman–Crippen MR) is 113 cm³/mol. The lowest BCUT2D eigenvalue weighted by Gasteiger charge is -2.29. The molecule has 1 amide bonds. The molecule has 3 aromatic rings. The van der Waals surface area contributed by atoms with Crippen LogP contribution in [0.3, 0.4) is 0 Å². The number of imidazole rings is 1. The number of rotatable bonds is 5. The van der Waals surface area contributed by atoms with E-state index in [1.165, 1.54) is 46.8 Å². The highest BCUT2D eigenvalue weighted by atomic mass is 32.2. The number of nitrogens with zero attached hydrogens (tertiary/aromatic N) is 2. The second-order valence-electron chi connectivity index (χ2n) is 7.72. The van der Waals surface area contributed by atoms with Crippen molar-refractivity contribution in [2.75, 3.05) is 18.4 Å². The fraction of sp³-hybridized carbons (Fsp3) is 0.333. The van der Waals surface area contributed by atoms with Crippen LogP contribution < -0.4 is 5.32 Å². The van der Waals surface area contributed by atoms with Crippen LogP contribution in [0.5, 0.6) is 0 Å². The molecular formula is C21H22F2N4O3S. The van der Waals surface area contributed by atoms with Gasteiger partial charge in [0.25, 0.3) is 12.3 Å². The molecular weight excluding hydrogens is 426 g/mol. The molecule has 1 aliphatic rings. The highest BCUT2D eigenvalue weighted by Gasteiger charge is 2.28. The van der Waals surface area contributed by atoms with Gasteiger partial charge < -0.3 is 10.3 Å². The molecule has 2 heterocycles. The SMILES string of the molecule is CC1CCN(S(=O)(=O)c2ccc(NC(=O)c3ccc4nc(C(F)F)[nH]c4c3)cc2)CC1. The van der Waals surface area contributed by atoms with Crippen LogP contribution in [0.1, 0.15) is 42.4 Å². The van der Waals surface area contributed by atoms with Crippen molar-refractivity contribution in [3.05, 3.63) is 53.9 Å². The molecule has 2 aromatic carbocycles. The maximum atomic E-state index is 12.8. The van der Waals surface area contributed by atoms with E-state index in [0.29, 0.717) is 35.7 Å². The van der Waals surface area contributed by atoms with E-state index >= 15 is 0 Å². The second kappa shape index (κ2) is 8.35. The molecule has 0 bridgehead atoms. The van der Waals surface area contributed by atoms with E-state index in [1.807, 2.05) is 0 Å². The third kappa shape index (κ3) is 4.45. The van der Waals surface area contributed by atoms with Gasteiger partial charge in [0, 0.05) is 24.3 Å². The number of carbonyl (C=O) groups is 1. The molecule has 2 N–H and O–H groups in total. The summed E-state index contributed by atoms with van der Waals surface area (Å²) in [6.07, 6.45) is -1.05. The molecule has 31 heavy (non-hydrogen) atoms. The lowest BCUT2D eigenvalue weighted by molar-refractivity contribution is 0.102. The molecule has 0 atom stereocenters. The molecule has 0 aliphatic carbocycles. The Balaban J connectivity index is 1.47. The summed E-state index contributed by atoms with van der Waals surface area (Å²) < 4.78 is 52.7. The van der Waals surface area contributed by atoms with Gasteiger partial charge in [-0.15, -0.1) is 0 Å². The van der Waals surface area contributed by atoms with Gasteiger partial charge >= 0.3 is 0 Å². The first-order valence-corrected chi connectivity index (χ1v) is 11.4. The molecule has 0 saturated carbocycles. The number of amides is 1. The number of hydrogen-bond acceptors (Lipinski definition) is 4. The quantitative estimate of drug-likeness (QED) is 0.612. The fourth-order valence-corrected chi connectivity index (χ4v) is 5.03. The van der Waals surface area contributed by atoms with Gasteiger partial charge in [0.15, 0.2) is 5.82 Å². The maximum Gasteiger partial charge on any atom is 0.295 e. The highest BCUT2D eigenvalue weighted by molar-refractivity contribution is 7.89. The normalized spacial score (nSPS) is 16.1. The van der Waals surface area contributed by atoms with Crippen molar-refractivity contribution in [1.82, 2.24) is 14.3 Å². The minimum Gasteiger partial charge on any atom is -0.337 e. The van der Waals surface area contributed by atoms with Gasteiger partial charge in [0.2, 0.25) is 10.0 Å². The Kier molecular flexibility index (Phi) is 5.76. The Labute approximate surface area is 178 Å². The van der Waals surface area contributed by atoms with E-state index in [9.17, 15) is 22.0 Å². The lowest BCUT2D eigenvalue weighted by Crippen LogP contribution is -2.37. The summed E-state index contributed by atoms with van der Waals surface area (Å²) in [5.41, 5.74) is 1.36. The van der Waals surface area contributed by atoms with Gasteiger partial charge in [-0.1, -0.05) is 6.92 Å². The Hall–Kier alpha value is -2.85. The number of sulfonamides is 1. The van der Waals surface area contributed by atoms with Crippen molar-refractivity contribution in [3.63, 3.8) is 0 Å². The van der Waals surface area contributed by atoms with E-state index in [4.69, 9.17) is 0 Å². The standard InChI is InChI=1S/C21H22F2N4O3S/c1-13-8-10-27(11-9-13)31(29,30)16-5-3-15(4-6-16)24-21(28)14-2-7-17-18(12-14)26-20(25-17)19(22)23/h2-7,12-13,19H,8-11H2,1H3,(H,24,28)(H,25,26). The second-order valence-corrected chi connectivity index (χ2v) is 9.66. The fourth-order valence-electron chi connectivity index (χ4n) is 3.56. The zero-order valence-corrected chi connectivity index (χ0v) is 17.6. The lowest BCUT2D eigenvalue weighted by atomic mass is 10.0. The predicted octanol–water partition coefficient (Wildman–Crippen LogP) is 4.17. The number of aromatic nitrogens is 2. The number of anilines is 1. The number of H-pyrrole nitrogens is 1. The van der Waals surface area contributed by atoms with E-state index in [2.05, 4.69) is 22.2 Å². The van der Waals surface area contributed by atoms with Crippen LogP contribution in [0.15, 0.2) is 47.4 Å². The molecule has 1 fully saturated rings. The topological polar surface area (TPSA) is 95.2 Å². The number of piperidine rings is 1. The van der Waals surface area contributed by atoms with Crippen LogP contribution in [0.2, 0.25) is 0 Å². The van der Waals surface area contributed by atoms with Crippen LogP contribution in [0, 0.1) is 5.92 Å². The summed E-state index contributed by atoms with van der Waals surface area (Å²) in [4.78, 5) is 19.0. The number of alkyl halides is 2. The minimum atomic E-state index is -3.56. The molecule has 0 radical (unpaired) electrons. The van der Waals surface area contributed by atoms with Crippen molar-refractivity contribution >= 4 is 32.7 Å². The van der Waals surface area contributed by atoms with Crippen LogP contribution in [-0.2, 0) is 10.0 Å². The van der Waals surface area contributed by atoms with E-state index < -0.39 is 28.2 Å². The summed E-state index contributed by atoms with van der Waals surface area (Å²) in [6, 6.07) is 10.4. The summed E-state index contributed by atoms with van der Waals surface area (Å²) in [5.74, 6) is -0.379. The highest BCUT2D eigenvalue weighted by Crippen LogP contribution is 2.25. The number of benzene rings is 2. The van der Waals surface area contributed by atoms with Gasteiger partial charge in [-0.2, -0.15) is 4.31 Å². The number of carbonyl (C=O) groups excluding carboxylic acids is 1. The Morgan fingerprint density at radius 1 is 1.16 bits per heavy atom. The number of hydrogen-bond donors (Lipinski definition) is 2. The third-order valence-electron chi connectivity index (χ3n) is 5.46. The first-order valence-electron chi connectivity index (χ1n) is 9.93. The van der Waals surface area contributed by atoms with E-state index in [0.717, 1.165) is 12.8 Å². The molecule has 0 spiro atoms. The molecule has 1 saturated heterocycles. The van der Waals surface area contributed by atoms with Crippen molar-refractivity contribution in [2.24, 2.45) is 5.92 Å². The molecule has 164 valence electrons. The number of fused-ring (bicyclic) bond motifs is 1. The molecule has 10 heteroatoms. The van der Waals surface area contributed by atoms with Gasteiger partial charge in [-0.3, -0.25) is 4.79 Å². The Morgan fingerprint density at radius 3 is 2.48 bits per heavy atom. The van der Waals surface area contributed by atoms with Crippen LogP contribution in [0.4, 0.5) is 14.5 Å². The summed E-state index contributed by atoms with van der Waals surface area (Å²) in [6.45, 7) is 3.12. The van der Waals surface area contributed by atoms with E-state index in [1.54, 1.807) is 0 Å². The van der Waals surface area contributed by atoms with Gasteiger partial charge in [0.05, 0.1) is 15.9 Å². The first-order chi connectivity index (χ1) is 14.7. The van der Waals surface area contributed by atoms with Crippen molar-refractivity contribution in [1.29, 1.82) is 0 Å². The van der Waals surface area contributed by atoms with Crippen molar-refractivity contribution in [2.45, 2.75) is 31.1 Å². The summed E-state index contributed by atoms with van der Waals surface area (Å²) in [7, 11) is -3.56. The zero-order chi connectivity index (χ0) is 22.2.